The fourth-order valence-corrected chi connectivity index (χ4v) is 5.71. The van der Waals surface area contributed by atoms with Crippen LogP contribution in [-0.4, -0.2) is 77.8 Å². The molecule has 1 N–H and O–H groups in total. The van der Waals surface area contributed by atoms with Crippen molar-refractivity contribution in [2.75, 3.05) is 43.0 Å². The lowest BCUT2D eigenvalue weighted by molar-refractivity contribution is 0.131. The standard InChI is InChI=1S/C24H33N5O4S/c1-18(2)25-23-6-9-29(26-23)24(30)28-12-10-27(11-13-28)17-20-5-4-19(3)16-22(20)33-21-7-14-34(31,32)15-8-21/h4-6,9,16,21H,1,7-8,10-15,17H2,2-3H3,(H,25,26). The predicted molar refractivity (Wildman–Crippen MR) is 132 cm³/mol. The van der Waals surface area contributed by atoms with E-state index in [1.54, 1.807) is 12.3 Å². The first-order valence-electron chi connectivity index (χ1n) is 11.6. The van der Waals surface area contributed by atoms with Gasteiger partial charge in [0.05, 0.1) is 11.5 Å². The van der Waals surface area contributed by atoms with Gasteiger partial charge in [0.2, 0.25) is 0 Å². The normalized spacial score (nSPS) is 19.1. The van der Waals surface area contributed by atoms with Gasteiger partial charge in [0.25, 0.3) is 0 Å². The third kappa shape index (κ3) is 6.18. The molecule has 4 rings (SSSR count). The van der Waals surface area contributed by atoms with Crippen LogP contribution in [-0.2, 0) is 16.4 Å². The molecule has 0 saturated carbocycles. The Balaban J connectivity index is 1.33. The van der Waals surface area contributed by atoms with E-state index in [9.17, 15) is 13.2 Å². The Morgan fingerprint density at radius 2 is 1.88 bits per heavy atom. The van der Waals surface area contributed by atoms with Crippen molar-refractivity contribution in [1.82, 2.24) is 19.6 Å². The van der Waals surface area contributed by atoms with Crippen LogP contribution >= 0.6 is 0 Å². The number of amides is 1. The summed E-state index contributed by atoms with van der Waals surface area (Å²) < 4.78 is 31.1. The number of allylic oxidation sites excluding steroid dienone is 1. The fourth-order valence-electron chi connectivity index (χ4n) is 4.27. The zero-order valence-electron chi connectivity index (χ0n) is 19.9. The van der Waals surface area contributed by atoms with Crippen molar-refractivity contribution in [3.05, 3.63) is 53.9 Å². The number of aromatic nitrogens is 2. The molecular weight excluding hydrogens is 454 g/mol. The average Bonchev–Trinajstić information content (AvgIpc) is 3.25. The predicted octanol–water partition coefficient (Wildman–Crippen LogP) is 2.88. The van der Waals surface area contributed by atoms with Crippen molar-refractivity contribution in [3.8, 4) is 5.75 Å². The highest BCUT2D eigenvalue weighted by molar-refractivity contribution is 7.91. The molecule has 1 aromatic carbocycles. The van der Waals surface area contributed by atoms with Gasteiger partial charge in [0, 0.05) is 56.2 Å². The van der Waals surface area contributed by atoms with Gasteiger partial charge in [0.15, 0.2) is 15.7 Å². The first-order chi connectivity index (χ1) is 16.2. The van der Waals surface area contributed by atoms with Gasteiger partial charge in [0.1, 0.15) is 11.9 Å². The first kappa shape index (κ1) is 24.3. The number of hydrogen-bond acceptors (Lipinski definition) is 7. The molecule has 34 heavy (non-hydrogen) atoms. The molecule has 2 aromatic rings. The molecule has 2 aliphatic heterocycles. The van der Waals surface area contributed by atoms with Crippen LogP contribution in [0.1, 0.15) is 30.9 Å². The second-order valence-electron chi connectivity index (χ2n) is 9.18. The summed E-state index contributed by atoms with van der Waals surface area (Å²) in [5, 5.41) is 7.29. The van der Waals surface area contributed by atoms with Crippen molar-refractivity contribution in [1.29, 1.82) is 0 Å². The summed E-state index contributed by atoms with van der Waals surface area (Å²) in [4.78, 5) is 16.9. The maximum atomic E-state index is 12.8. The van der Waals surface area contributed by atoms with Crippen LogP contribution in [0.25, 0.3) is 0 Å². The van der Waals surface area contributed by atoms with Gasteiger partial charge in [-0.1, -0.05) is 18.7 Å². The van der Waals surface area contributed by atoms with E-state index in [0.717, 1.165) is 42.2 Å². The van der Waals surface area contributed by atoms with E-state index >= 15 is 0 Å². The maximum absolute atomic E-state index is 12.8. The van der Waals surface area contributed by atoms with Crippen LogP contribution in [0.5, 0.6) is 5.75 Å². The van der Waals surface area contributed by atoms with Crippen molar-refractivity contribution in [2.45, 2.75) is 39.3 Å². The quantitative estimate of drug-likeness (QED) is 0.669. The van der Waals surface area contributed by atoms with Crippen LogP contribution in [0.3, 0.4) is 0 Å². The van der Waals surface area contributed by atoms with Gasteiger partial charge in [-0.05, 0) is 38.3 Å². The smallest absolute Gasteiger partial charge is 0.344 e. The Kier molecular flexibility index (Phi) is 7.27. The topological polar surface area (TPSA) is 96.8 Å². The van der Waals surface area contributed by atoms with Gasteiger partial charge in [-0.25, -0.2) is 13.2 Å². The maximum Gasteiger partial charge on any atom is 0.344 e. The minimum Gasteiger partial charge on any atom is -0.490 e. The van der Waals surface area contributed by atoms with Crippen LogP contribution in [0, 0.1) is 6.92 Å². The highest BCUT2D eigenvalue weighted by Crippen LogP contribution is 2.27. The molecule has 10 heteroatoms. The molecule has 0 radical (unpaired) electrons. The van der Waals surface area contributed by atoms with Crippen LogP contribution < -0.4 is 10.1 Å². The van der Waals surface area contributed by atoms with E-state index in [-0.39, 0.29) is 23.6 Å². The van der Waals surface area contributed by atoms with E-state index in [4.69, 9.17) is 4.74 Å². The van der Waals surface area contributed by atoms with Gasteiger partial charge < -0.3 is 15.0 Å². The van der Waals surface area contributed by atoms with Crippen molar-refractivity contribution in [2.24, 2.45) is 0 Å². The van der Waals surface area contributed by atoms with E-state index < -0.39 is 9.84 Å². The molecular formula is C24H33N5O4S. The Hall–Kier alpha value is -2.85. The highest BCUT2D eigenvalue weighted by Gasteiger charge is 2.27. The van der Waals surface area contributed by atoms with Crippen molar-refractivity contribution in [3.63, 3.8) is 0 Å². The Bertz CT molecular complexity index is 1140. The SMILES string of the molecule is C=C(C)Nc1ccn(C(=O)N2CCN(Cc3ccc(C)cc3OC3CCS(=O)(=O)CC3)CC2)n1. The Morgan fingerprint density at radius 3 is 2.56 bits per heavy atom. The molecule has 1 aromatic heterocycles. The zero-order chi connectivity index (χ0) is 24.3. The average molecular weight is 488 g/mol. The number of carbonyl (C=O) groups excluding carboxylic acids is 1. The summed E-state index contributed by atoms with van der Waals surface area (Å²) in [6, 6.07) is 7.81. The Labute approximate surface area is 201 Å². The zero-order valence-corrected chi connectivity index (χ0v) is 20.7. The molecule has 2 saturated heterocycles. The number of anilines is 1. The second kappa shape index (κ2) is 10.2. The third-order valence-electron chi connectivity index (χ3n) is 6.18. The van der Waals surface area contributed by atoms with Crippen molar-refractivity contribution >= 4 is 21.7 Å². The summed E-state index contributed by atoms with van der Waals surface area (Å²) in [7, 11) is -2.92. The summed E-state index contributed by atoms with van der Waals surface area (Å²) >= 11 is 0. The summed E-state index contributed by atoms with van der Waals surface area (Å²) in [6.07, 6.45) is 2.66. The number of carbonyl (C=O) groups is 1. The number of sulfone groups is 1. The molecule has 0 atom stereocenters. The molecule has 0 spiro atoms. The van der Waals surface area contributed by atoms with Crippen LogP contribution in [0.15, 0.2) is 42.7 Å². The molecule has 184 valence electrons. The minimum absolute atomic E-state index is 0.0723. The lowest BCUT2D eigenvalue weighted by Crippen LogP contribution is -2.49. The molecule has 0 unspecified atom stereocenters. The van der Waals surface area contributed by atoms with Crippen LogP contribution in [0.2, 0.25) is 0 Å². The van der Waals surface area contributed by atoms with Gasteiger partial charge in [-0.3, -0.25) is 4.90 Å². The summed E-state index contributed by atoms with van der Waals surface area (Å²) in [5.41, 5.74) is 2.96. The summed E-state index contributed by atoms with van der Waals surface area (Å²) in [6.45, 7) is 11.1. The van der Waals surface area contributed by atoms with E-state index in [1.807, 2.05) is 24.8 Å². The number of ether oxygens (including phenoxy) is 1. The molecule has 0 aliphatic carbocycles. The number of piperazine rings is 1. The summed E-state index contributed by atoms with van der Waals surface area (Å²) in [5.74, 6) is 1.81. The first-order valence-corrected chi connectivity index (χ1v) is 13.5. The molecule has 2 aliphatic rings. The van der Waals surface area contributed by atoms with Gasteiger partial charge in [-0.15, -0.1) is 5.10 Å². The molecule has 9 nitrogen and oxygen atoms in total. The number of hydrogen-bond donors (Lipinski definition) is 1. The van der Waals surface area contributed by atoms with Gasteiger partial charge >= 0.3 is 6.03 Å². The van der Waals surface area contributed by atoms with E-state index in [2.05, 4.69) is 34.0 Å². The number of nitrogens with one attached hydrogen (secondary N) is 1. The molecule has 3 heterocycles. The van der Waals surface area contributed by atoms with Gasteiger partial charge in [-0.2, -0.15) is 4.68 Å². The highest BCUT2D eigenvalue weighted by atomic mass is 32.2. The van der Waals surface area contributed by atoms with Crippen molar-refractivity contribution < 1.29 is 17.9 Å². The number of rotatable bonds is 6. The van der Waals surface area contributed by atoms with Crippen LogP contribution in [0.4, 0.5) is 10.6 Å². The monoisotopic (exact) mass is 487 g/mol. The lowest BCUT2D eigenvalue weighted by atomic mass is 10.1. The minimum atomic E-state index is -2.92. The fraction of sp³-hybridized carbons (Fsp3) is 0.500. The number of nitrogens with zero attached hydrogens (tertiary/aromatic N) is 4. The largest absolute Gasteiger partial charge is 0.490 e. The Morgan fingerprint density at radius 1 is 1.18 bits per heavy atom. The third-order valence-corrected chi connectivity index (χ3v) is 7.90. The number of aryl methyl sites for hydroxylation is 1. The molecule has 0 bridgehead atoms. The van der Waals surface area contributed by atoms with E-state index in [0.29, 0.717) is 31.7 Å². The lowest BCUT2D eigenvalue weighted by Gasteiger charge is -2.35. The van der Waals surface area contributed by atoms with E-state index in [1.165, 1.54) is 4.68 Å². The molecule has 1 amide bonds. The second-order valence-corrected chi connectivity index (χ2v) is 11.5. The molecule has 2 fully saturated rings. The number of benzene rings is 1.